The average Bonchev–Trinajstić information content (AvgIpc) is 4.14. The molecule has 3 aliphatic rings. The summed E-state index contributed by atoms with van der Waals surface area (Å²) in [7, 11) is 1.38. The highest BCUT2D eigenvalue weighted by Crippen LogP contribution is 2.40. The van der Waals surface area contributed by atoms with Crippen molar-refractivity contribution in [1.29, 1.82) is 0 Å². The highest BCUT2D eigenvalue weighted by molar-refractivity contribution is 7.15. The van der Waals surface area contributed by atoms with E-state index in [0.717, 1.165) is 92.6 Å². The summed E-state index contributed by atoms with van der Waals surface area (Å²) in [4.78, 5) is 77.7. The summed E-state index contributed by atoms with van der Waals surface area (Å²) in [5.41, 5.74) is 9.57. The van der Waals surface area contributed by atoms with Crippen LogP contribution in [0.15, 0.2) is 77.4 Å². The summed E-state index contributed by atoms with van der Waals surface area (Å²) in [5, 5.41) is 16.0. The standard InChI is InChI=1S/C54H63N11O5S2/c1-30-25-42(51(68)57-32(3)36-11-13-38(14-12-36)47-33(4)56-29-71-47)64(28-30)52(69)48(54(7,8)9)59-50(67)39-17-20-43(55-27-39)63-23-21-62(22-24-63)40-18-15-37(16-19-40)46-45-31(2)34(5)72-53(45)65-35(6)60-61-49(65)41(58-46)26-44(66)70-10/h11-20,27,29-30,32,41-42,48H,21-26,28H2,1-10H3,(H,57,68)(H,59,67)/t30-,32+,41+,42+,48?/m1/s1. The van der Waals surface area contributed by atoms with Crippen molar-refractivity contribution in [3.63, 3.8) is 0 Å². The first-order valence-corrected chi connectivity index (χ1v) is 26.3. The first-order valence-electron chi connectivity index (χ1n) is 24.6. The van der Waals surface area contributed by atoms with Gasteiger partial charge in [0.15, 0.2) is 5.82 Å². The van der Waals surface area contributed by atoms with Gasteiger partial charge in [0.25, 0.3) is 5.91 Å². The zero-order valence-corrected chi connectivity index (χ0v) is 44.3. The van der Waals surface area contributed by atoms with Crippen molar-refractivity contribution in [2.75, 3.05) is 49.6 Å². The number of esters is 1. The largest absolute Gasteiger partial charge is 0.469 e. The van der Waals surface area contributed by atoms with Gasteiger partial charge >= 0.3 is 5.97 Å². The lowest BCUT2D eigenvalue weighted by molar-refractivity contribution is -0.142. The molecule has 0 saturated carbocycles. The van der Waals surface area contributed by atoms with Crippen molar-refractivity contribution >= 4 is 63.6 Å². The molecule has 18 heteroatoms. The van der Waals surface area contributed by atoms with Crippen LogP contribution in [0.25, 0.3) is 15.4 Å². The summed E-state index contributed by atoms with van der Waals surface area (Å²) in [5.74, 6) is 0.978. The Bertz CT molecular complexity index is 3020. The summed E-state index contributed by atoms with van der Waals surface area (Å²) in [6, 6.07) is 17.8. The molecule has 0 spiro atoms. The maximum atomic E-state index is 14.5. The van der Waals surface area contributed by atoms with Gasteiger partial charge in [-0.25, -0.2) is 9.97 Å². The van der Waals surface area contributed by atoms with Gasteiger partial charge in [0, 0.05) is 60.6 Å². The second-order valence-corrected chi connectivity index (χ2v) is 22.4. The van der Waals surface area contributed by atoms with E-state index in [1.54, 1.807) is 39.8 Å². The van der Waals surface area contributed by atoms with Crippen LogP contribution in [0.4, 0.5) is 11.5 Å². The van der Waals surface area contributed by atoms with Crippen molar-refractivity contribution in [3.8, 4) is 15.4 Å². The Morgan fingerprint density at radius 3 is 2.19 bits per heavy atom. The number of fused-ring (bicyclic) bond motifs is 3. The van der Waals surface area contributed by atoms with Gasteiger partial charge in [-0.15, -0.1) is 32.9 Å². The number of likely N-dealkylation sites (tertiary alicyclic amines) is 1. The summed E-state index contributed by atoms with van der Waals surface area (Å²) in [6.07, 6.45) is 2.15. The molecule has 7 heterocycles. The van der Waals surface area contributed by atoms with Gasteiger partial charge in [-0.1, -0.05) is 64.1 Å². The lowest BCUT2D eigenvalue weighted by Gasteiger charge is -2.37. The molecule has 2 fully saturated rings. The molecule has 2 aromatic carbocycles. The Morgan fingerprint density at radius 2 is 1.56 bits per heavy atom. The predicted molar refractivity (Wildman–Crippen MR) is 282 cm³/mol. The number of anilines is 2. The van der Waals surface area contributed by atoms with E-state index in [4.69, 9.17) is 14.7 Å². The van der Waals surface area contributed by atoms with Crippen LogP contribution < -0.4 is 20.4 Å². The fourth-order valence-corrected chi connectivity index (χ4v) is 12.0. The molecule has 0 aliphatic carbocycles. The van der Waals surface area contributed by atoms with E-state index in [9.17, 15) is 19.2 Å². The van der Waals surface area contributed by atoms with Crippen molar-refractivity contribution in [2.45, 2.75) is 99.3 Å². The quantitative estimate of drug-likeness (QED) is 0.113. The summed E-state index contributed by atoms with van der Waals surface area (Å²) >= 11 is 3.28. The number of amides is 3. The van der Waals surface area contributed by atoms with Crippen molar-refractivity contribution in [2.24, 2.45) is 16.3 Å². The van der Waals surface area contributed by atoms with Gasteiger partial charge in [0.1, 0.15) is 34.8 Å². The number of hydrogen-bond acceptors (Lipinski definition) is 14. The summed E-state index contributed by atoms with van der Waals surface area (Å²) in [6.45, 7) is 21.3. The number of rotatable bonds is 12. The first-order chi connectivity index (χ1) is 34.4. The molecule has 2 saturated heterocycles. The molecule has 0 radical (unpaired) electrons. The number of hydrogen-bond donors (Lipinski definition) is 2. The number of thiazole rings is 1. The van der Waals surface area contributed by atoms with Crippen LogP contribution in [0, 0.1) is 39.0 Å². The molecule has 2 N–H and O–H groups in total. The number of carbonyl (C=O) groups is 4. The monoisotopic (exact) mass is 1010 g/mol. The Morgan fingerprint density at radius 1 is 0.861 bits per heavy atom. The summed E-state index contributed by atoms with van der Waals surface area (Å²) < 4.78 is 7.09. The molecular weight excluding hydrogens is 947 g/mol. The topological polar surface area (TPSA) is 180 Å². The number of nitrogens with zero attached hydrogens (tertiary/aromatic N) is 9. The van der Waals surface area contributed by atoms with Gasteiger partial charge < -0.3 is 30.1 Å². The van der Waals surface area contributed by atoms with Crippen LogP contribution in [0.2, 0.25) is 0 Å². The normalized spacial score (nSPS) is 18.7. The molecule has 9 rings (SSSR count). The third-order valence-corrected chi connectivity index (χ3v) is 16.4. The zero-order valence-electron chi connectivity index (χ0n) is 42.6. The van der Waals surface area contributed by atoms with Gasteiger partial charge in [0.05, 0.1) is 46.9 Å². The van der Waals surface area contributed by atoms with Crippen molar-refractivity contribution < 1.29 is 23.9 Å². The maximum absolute atomic E-state index is 14.5. The predicted octanol–water partition coefficient (Wildman–Crippen LogP) is 8.12. The van der Waals surface area contributed by atoms with E-state index >= 15 is 0 Å². The second-order valence-electron chi connectivity index (χ2n) is 20.3. The molecule has 6 aromatic rings. The fourth-order valence-electron chi connectivity index (χ4n) is 9.96. The van der Waals surface area contributed by atoms with Crippen LogP contribution in [-0.2, 0) is 19.1 Å². The molecule has 3 aliphatic heterocycles. The molecule has 72 heavy (non-hydrogen) atoms. The Hall–Kier alpha value is -6.79. The number of carbonyl (C=O) groups excluding carboxylic acids is 4. The Balaban J connectivity index is 0.823. The lowest BCUT2D eigenvalue weighted by Crippen LogP contribution is -2.57. The Kier molecular flexibility index (Phi) is 14.2. The van der Waals surface area contributed by atoms with Crippen LogP contribution >= 0.6 is 22.7 Å². The molecule has 5 atom stereocenters. The number of aromatic nitrogens is 5. The van der Waals surface area contributed by atoms with Crippen LogP contribution in [-0.4, -0.2) is 111 Å². The molecule has 16 nitrogen and oxygen atoms in total. The third kappa shape index (κ3) is 10.0. The number of benzene rings is 2. The number of ether oxygens (including phenoxy) is 1. The minimum Gasteiger partial charge on any atom is -0.469 e. The number of piperazine rings is 1. The third-order valence-electron chi connectivity index (χ3n) is 14.2. The number of thiophene rings is 1. The van der Waals surface area contributed by atoms with Gasteiger partial charge in [-0.05, 0) is 93.3 Å². The maximum Gasteiger partial charge on any atom is 0.308 e. The van der Waals surface area contributed by atoms with E-state index in [1.807, 2.05) is 88.9 Å². The smallest absolute Gasteiger partial charge is 0.308 e. The molecule has 4 aromatic heterocycles. The van der Waals surface area contributed by atoms with E-state index in [1.165, 1.54) is 12.0 Å². The number of methoxy groups -OCH3 is 1. The molecule has 1 unspecified atom stereocenters. The van der Waals surface area contributed by atoms with Crippen LogP contribution in [0.5, 0.6) is 0 Å². The SMILES string of the molecule is COC(=O)C[C@@H]1N=C(c2ccc(N3CCN(c4ccc(C(=O)NC(C(=O)N5C[C@H](C)C[C@H]5C(=O)N[C@@H](C)c5ccc(-c6scnc6C)cc5)C(C)(C)C)cn4)CC3)cc2)c2c(sc(C)c2C)-n2c(C)nnc21. The highest BCUT2D eigenvalue weighted by atomic mass is 32.1. The van der Waals surface area contributed by atoms with Gasteiger partial charge in [0.2, 0.25) is 11.8 Å². The van der Waals surface area contributed by atoms with Crippen molar-refractivity contribution in [1.82, 2.24) is 40.3 Å². The molecule has 376 valence electrons. The van der Waals surface area contributed by atoms with Gasteiger partial charge in [-0.3, -0.25) is 28.7 Å². The number of pyridine rings is 1. The molecule has 3 amide bonds. The van der Waals surface area contributed by atoms with Crippen LogP contribution in [0.1, 0.15) is 114 Å². The lowest BCUT2D eigenvalue weighted by atomic mass is 9.85. The minimum absolute atomic E-state index is 0.0467. The van der Waals surface area contributed by atoms with Crippen LogP contribution in [0.3, 0.4) is 0 Å². The zero-order chi connectivity index (χ0) is 51.2. The van der Waals surface area contributed by atoms with E-state index in [-0.39, 0.29) is 36.2 Å². The van der Waals surface area contributed by atoms with E-state index in [2.05, 4.69) is 73.7 Å². The van der Waals surface area contributed by atoms with Crippen molar-refractivity contribution in [3.05, 3.63) is 122 Å². The number of aliphatic imine (C=N–C) groups is 1. The average molecular weight is 1010 g/mol. The highest BCUT2D eigenvalue weighted by Gasteiger charge is 2.44. The number of nitrogens with one attached hydrogen (secondary N) is 2. The first kappa shape index (κ1) is 50.2. The van der Waals surface area contributed by atoms with E-state index < -0.39 is 29.4 Å². The molecular formula is C54H63N11O5S2. The Labute approximate surface area is 428 Å². The minimum atomic E-state index is -0.885. The molecule has 0 bridgehead atoms. The second kappa shape index (κ2) is 20.4. The van der Waals surface area contributed by atoms with Gasteiger partial charge in [-0.2, -0.15) is 0 Å². The fraction of sp³-hybridized carbons (Fsp3) is 0.426. The van der Waals surface area contributed by atoms with E-state index in [0.29, 0.717) is 24.4 Å². The number of aryl methyl sites for hydroxylation is 3.